The van der Waals surface area contributed by atoms with E-state index in [1.807, 2.05) is 18.2 Å². The van der Waals surface area contributed by atoms with E-state index in [1.165, 1.54) is 31.9 Å². The van der Waals surface area contributed by atoms with Gasteiger partial charge in [-0.3, -0.25) is 4.79 Å². The van der Waals surface area contributed by atoms with Crippen LogP contribution >= 0.6 is 0 Å². The van der Waals surface area contributed by atoms with E-state index in [-0.39, 0.29) is 12.5 Å². The molecule has 1 aliphatic carbocycles. The van der Waals surface area contributed by atoms with Crippen molar-refractivity contribution in [1.82, 2.24) is 9.97 Å². The number of nitrogens with zero attached hydrogens (tertiary/aromatic N) is 1. The molecule has 0 bridgehead atoms. The number of aromatic nitrogens is 2. The fourth-order valence-corrected chi connectivity index (χ4v) is 5.28. The number of H-pyrrole nitrogens is 1. The van der Waals surface area contributed by atoms with Crippen LogP contribution in [0.15, 0.2) is 47.5 Å². The number of nitrogens with two attached hydrogens (primary N) is 1. The summed E-state index contributed by atoms with van der Waals surface area (Å²) in [6, 6.07) is 11.3. The normalized spacial score (nSPS) is 16.1. The van der Waals surface area contributed by atoms with Gasteiger partial charge in [0.25, 0.3) is 0 Å². The van der Waals surface area contributed by atoms with Gasteiger partial charge in [0, 0.05) is 35.0 Å². The third-order valence-electron chi connectivity index (χ3n) is 6.57. The predicted octanol–water partition coefficient (Wildman–Crippen LogP) is 4.46. The van der Waals surface area contributed by atoms with Crippen LogP contribution in [0.1, 0.15) is 68.7 Å². The number of fused-ring (bicyclic) bond motifs is 1. The molecule has 7 nitrogen and oxygen atoms in total. The lowest BCUT2D eigenvalue weighted by molar-refractivity contribution is -0.150. The molecule has 4 rings (SSSR count). The SMILES string of the molecule is CC(C)(N)C(=O)OCc1cnc2[nH]c(C(CC3CCCC3)c3ccc(S(C)(=O)=O)cc3)cc2c1. The molecule has 0 spiro atoms. The number of aromatic amines is 1. The van der Waals surface area contributed by atoms with Gasteiger partial charge in [-0.2, -0.15) is 0 Å². The molecule has 0 saturated heterocycles. The molecule has 1 unspecified atom stereocenters. The van der Waals surface area contributed by atoms with Crippen molar-refractivity contribution in [1.29, 1.82) is 0 Å². The molecule has 0 radical (unpaired) electrons. The molecule has 182 valence electrons. The number of carbonyl (C=O) groups is 1. The highest BCUT2D eigenvalue weighted by atomic mass is 32.2. The minimum Gasteiger partial charge on any atom is -0.459 e. The number of hydrogen-bond donors (Lipinski definition) is 2. The minimum atomic E-state index is -3.24. The molecular weight excluding hydrogens is 450 g/mol. The topological polar surface area (TPSA) is 115 Å². The Balaban J connectivity index is 1.62. The van der Waals surface area contributed by atoms with Gasteiger partial charge in [-0.25, -0.2) is 13.4 Å². The number of rotatable bonds is 8. The zero-order valence-electron chi connectivity index (χ0n) is 20.0. The van der Waals surface area contributed by atoms with E-state index >= 15 is 0 Å². The predicted molar refractivity (Wildman–Crippen MR) is 132 cm³/mol. The average molecular weight is 484 g/mol. The highest BCUT2D eigenvalue weighted by Gasteiger charge is 2.25. The van der Waals surface area contributed by atoms with Crippen LogP contribution in [-0.2, 0) is 26.0 Å². The first-order chi connectivity index (χ1) is 16.0. The lowest BCUT2D eigenvalue weighted by Gasteiger charge is -2.20. The van der Waals surface area contributed by atoms with Gasteiger partial charge in [0.1, 0.15) is 17.8 Å². The number of nitrogens with one attached hydrogen (secondary N) is 1. The zero-order valence-corrected chi connectivity index (χ0v) is 20.8. The van der Waals surface area contributed by atoms with Crippen molar-refractivity contribution in [2.45, 2.75) is 68.9 Å². The van der Waals surface area contributed by atoms with E-state index in [0.29, 0.717) is 10.8 Å². The largest absolute Gasteiger partial charge is 0.459 e. The standard InChI is InChI=1S/C26H33N3O4S/c1-26(2,27)25(30)33-16-18-12-20-14-23(29-24(20)28-15-18)22(13-17-6-4-5-7-17)19-8-10-21(11-9-19)34(3,31)32/h8-12,14-15,17,22H,4-7,13,16,27H2,1-3H3,(H,28,29). The number of sulfone groups is 1. The van der Waals surface area contributed by atoms with Crippen LogP contribution < -0.4 is 5.73 Å². The number of benzene rings is 1. The highest BCUT2D eigenvalue weighted by molar-refractivity contribution is 7.90. The summed E-state index contributed by atoms with van der Waals surface area (Å²) in [4.78, 5) is 20.3. The van der Waals surface area contributed by atoms with Crippen LogP contribution in [0.25, 0.3) is 11.0 Å². The summed E-state index contributed by atoms with van der Waals surface area (Å²) >= 11 is 0. The first-order valence-corrected chi connectivity index (χ1v) is 13.6. The molecule has 0 aliphatic heterocycles. The summed E-state index contributed by atoms with van der Waals surface area (Å²) in [7, 11) is -3.24. The molecule has 1 saturated carbocycles. The van der Waals surface area contributed by atoms with Crippen molar-refractivity contribution in [3.8, 4) is 0 Å². The Morgan fingerprint density at radius 1 is 1.21 bits per heavy atom. The van der Waals surface area contributed by atoms with E-state index in [2.05, 4.69) is 16.0 Å². The molecule has 2 aromatic heterocycles. The molecule has 1 aromatic carbocycles. The van der Waals surface area contributed by atoms with Crippen LogP contribution in [0, 0.1) is 5.92 Å². The first-order valence-electron chi connectivity index (χ1n) is 11.7. The second-order valence-electron chi connectivity index (χ2n) is 10.1. The van der Waals surface area contributed by atoms with Crippen molar-refractivity contribution in [2.24, 2.45) is 11.7 Å². The van der Waals surface area contributed by atoms with Gasteiger partial charge < -0.3 is 15.5 Å². The summed E-state index contributed by atoms with van der Waals surface area (Å²) in [5, 5.41) is 0.944. The molecule has 3 aromatic rings. The summed E-state index contributed by atoms with van der Waals surface area (Å²) in [6.45, 7) is 3.34. The fraction of sp³-hybridized carbons (Fsp3) is 0.462. The Kier molecular flexibility index (Phi) is 6.82. The van der Waals surface area contributed by atoms with Gasteiger partial charge in [0.15, 0.2) is 9.84 Å². The molecule has 1 fully saturated rings. The van der Waals surface area contributed by atoms with Gasteiger partial charge in [0.2, 0.25) is 0 Å². The number of esters is 1. The van der Waals surface area contributed by atoms with Crippen molar-refractivity contribution in [3.63, 3.8) is 0 Å². The lowest BCUT2D eigenvalue weighted by Crippen LogP contribution is -2.42. The monoisotopic (exact) mass is 483 g/mol. The molecule has 34 heavy (non-hydrogen) atoms. The van der Waals surface area contributed by atoms with Crippen LogP contribution in [0.3, 0.4) is 0 Å². The molecule has 0 amide bonds. The maximum absolute atomic E-state index is 12.0. The average Bonchev–Trinajstić information content (AvgIpc) is 3.43. The molecule has 1 aliphatic rings. The Morgan fingerprint density at radius 2 is 1.88 bits per heavy atom. The Bertz CT molecular complexity index is 1270. The first kappa shape index (κ1) is 24.4. The number of pyridine rings is 1. The fourth-order valence-electron chi connectivity index (χ4n) is 4.65. The van der Waals surface area contributed by atoms with Gasteiger partial charge in [-0.15, -0.1) is 0 Å². The Hall–Kier alpha value is -2.71. The molecule has 2 heterocycles. The summed E-state index contributed by atoms with van der Waals surface area (Å²) in [5.74, 6) is 0.301. The number of hydrogen-bond acceptors (Lipinski definition) is 6. The van der Waals surface area contributed by atoms with Crippen LogP contribution in [0.2, 0.25) is 0 Å². The quantitative estimate of drug-likeness (QED) is 0.457. The van der Waals surface area contributed by atoms with Crippen molar-refractivity contribution in [3.05, 3.63) is 59.4 Å². The van der Waals surface area contributed by atoms with Gasteiger partial charge >= 0.3 is 5.97 Å². The van der Waals surface area contributed by atoms with Crippen molar-refractivity contribution in [2.75, 3.05) is 6.26 Å². The molecular formula is C26H33N3O4S. The minimum absolute atomic E-state index is 0.112. The number of carbonyl (C=O) groups excluding carboxylic acids is 1. The summed E-state index contributed by atoms with van der Waals surface area (Å²) < 4.78 is 29.1. The summed E-state index contributed by atoms with van der Waals surface area (Å²) in [6.07, 6.45) is 8.91. The van der Waals surface area contributed by atoms with Crippen molar-refractivity contribution >= 4 is 26.8 Å². The second kappa shape index (κ2) is 9.50. The Morgan fingerprint density at radius 3 is 2.50 bits per heavy atom. The van der Waals surface area contributed by atoms with Gasteiger partial charge in [-0.1, -0.05) is 37.8 Å². The third kappa shape index (κ3) is 5.67. The van der Waals surface area contributed by atoms with Gasteiger partial charge in [-0.05, 0) is 56.0 Å². The van der Waals surface area contributed by atoms with Crippen LogP contribution in [-0.4, -0.2) is 36.1 Å². The van der Waals surface area contributed by atoms with Gasteiger partial charge in [0.05, 0.1) is 4.90 Å². The van der Waals surface area contributed by atoms with E-state index in [9.17, 15) is 13.2 Å². The lowest BCUT2D eigenvalue weighted by atomic mass is 9.85. The maximum Gasteiger partial charge on any atom is 0.325 e. The Labute approximate surface area is 201 Å². The van der Waals surface area contributed by atoms with E-state index < -0.39 is 21.3 Å². The molecule has 1 atom stereocenters. The van der Waals surface area contributed by atoms with Crippen LogP contribution in [0.5, 0.6) is 0 Å². The maximum atomic E-state index is 12.0. The number of ether oxygens (including phenoxy) is 1. The smallest absolute Gasteiger partial charge is 0.325 e. The summed E-state index contributed by atoms with van der Waals surface area (Å²) in [5.41, 5.74) is 8.46. The highest BCUT2D eigenvalue weighted by Crippen LogP contribution is 2.38. The van der Waals surface area contributed by atoms with Crippen LogP contribution in [0.4, 0.5) is 0 Å². The van der Waals surface area contributed by atoms with Crippen molar-refractivity contribution < 1.29 is 17.9 Å². The molecule has 8 heteroatoms. The van der Waals surface area contributed by atoms with E-state index in [1.54, 1.807) is 32.2 Å². The van der Waals surface area contributed by atoms with E-state index in [0.717, 1.165) is 34.3 Å². The van der Waals surface area contributed by atoms with E-state index in [4.69, 9.17) is 10.5 Å². The zero-order chi connectivity index (χ0) is 24.5. The third-order valence-corrected chi connectivity index (χ3v) is 7.70. The molecule has 3 N–H and O–H groups in total. The second-order valence-corrected chi connectivity index (χ2v) is 12.1.